The molecular weight excluding hydrogens is 242 g/mol. The number of nitrogens with two attached hydrogens (primary N) is 1. The van der Waals surface area contributed by atoms with E-state index in [1.807, 2.05) is 0 Å². The number of aryl methyl sites for hydroxylation is 2. The van der Waals surface area contributed by atoms with Gasteiger partial charge in [-0.15, -0.1) is 0 Å². The highest BCUT2D eigenvalue weighted by atomic mass is 14.7. The van der Waals surface area contributed by atoms with E-state index in [4.69, 9.17) is 5.73 Å². The second-order valence-electron chi connectivity index (χ2n) is 6.27. The summed E-state index contributed by atoms with van der Waals surface area (Å²) in [6.45, 7) is 4.30. The van der Waals surface area contributed by atoms with Crippen LogP contribution in [0.2, 0.25) is 0 Å². The Morgan fingerprint density at radius 3 is 2.05 bits per heavy atom. The van der Waals surface area contributed by atoms with Gasteiger partial charge in [-0.05, 0) is 37.8 Å². The van der Waals surface area contributed by atoms with Crippen molar-refractivity contribution < 1.29 is 0 Å². The van der Waals surface area contributed by atoms with E-state index in [9.17, 15) is 0 Å². The highest BCUT2D eigenvalue weighted by molar-refractivity contribution is 5.38. The maximum absolute atomic E-state index is 6.71. The number of rotatable bonds is 3. The van der Waals surface area contributed by atoms with E-state index in [-0.39, 0.29) is 11.5 Å². The number of benzene rings is 2. The summed E-state index contributed by atoms with van der Waals surface area (Å²) in [6.07, 6.45) is 3.68. The van der Waals surface area contributed by atoms with Crippen molar-refractivity contribution in [2.24, 2.45) is 5.73 Å². The Kier molecular flexibility index (Phi) is 3.39. The third kappa shape index (κ3) is 2.16. The van der Waals surface area contributed by atoms with Gasteiger partial charge in [0.05, 0.1) is 0 Å². The van der Waals surface area contributed by atoms with Crippen LogP contribution in [0.4, 0.5) is 0 Å². The highest BCUT2D eigenvalue weighted by Crippen LogP contribution is 2.51. The molecule has 1 unspecified atom stereocenters. The lowest BCUT2D eigenvalue weighted by molar-refractivity contribution is 0.196. The predicted octanol–water partition coefficient (Wildman–Crippen LogP) is 4.43. The summed E-state index contributed by atoms with van der Waals surface area (Å²) >= 11 is 0. The van der Waals surface area contributed by atoms with Crippen molar-refractivity contribution in [2.75, 3.05) is 0 Å². The molecule has 1 aliphatic carbocycles. The van der Waals surface area contributed by atoms with Crippen molar-refractivity contribution in [3.05, 3.63) is 70.8 Å². The average Bonchev–Trinajstić information content (AvgIpc) is 2.37. The molecule has 0 heterocycles. The van der Waals surface area contributed by atoms with Gasteiger partial charge < -0.3 is 5.73 Å². The van der Waals surface area contributed by atoms with Crippen molar-refractivity contribution >= 4 is 0 Å². The van der Waals surface area contributed by atoms with Gasteiger partial charge in [0, 0.05) is 11.5 Å². The van der Waals surface area contributed by atoms with Gasteiger partial charge in [0.25, 0.3) is 0 Å². The maximum Gasteiger partial charge on any atom is 0.0393 e. The van der Waals surface area contributed by atoms with Crippen molar-refractivity contribution in [2.45, 2.75) is 44.6 Å². The first-order valence-electron chi connectivity index (χ1n) is 7.51. The third-order valence-corrected chi connectivity index (χ3v) is 4.79. The van der Waals surface area contributed by atoms with E-state index in [0.29, 0.717) is 0 Å². The minimum absolute atomic E-state index is 0.0947. The first kappa shape index (κ1) is 13.4. The molecule has 2 aromatic rings. The van der Waals surface area contributed by atoms with Crippen LogP contribution in [-0.2, 0) is 5.41 Å². The largest absolute Gasteiger partial charge is 0.323 e. The number of hydrogen-bond acceptors (Lipinski definition) is 1. The lowest BCUT2D eigenvalue weighted by Crippen LogP contribution is -2.44. The zero-order chi connectivity index (χ0) is 14.2. The van der Waals surface area contributed by atoms with Gasteiger partial charge in [-0.1, -0.05) is 66.1 Å². The Morgan fingerprint density at radius 2 is 1.55 bits per heavy atom. The van der Waals surface area contributed by atoms with Crippen molar-refractivity contribution in [1.82, 2.24) is 0 Å². The predicted molar refractivity (Wildman–Crippen MR) is 84.8 cm³/mol. The second kappa shape index (κ2) is 5.06. The molecule has 0 aromatic heterocycles. The summed E-state index contributed by atoms with van der Waals surface area (Å²) in [5, 5.41) is 0. The normalized spacial score (nSPS) is 18.4. The SMILES string of the molecule is Cc1cc(C)cc(C(N)C2(c3ccccc3)CCC2)c1. The molecule has 0 saturated heterocycles. The summed E-state index contributed by atoms with van der Waals surface area (Å²) in [6, 6.07) is 17.6. The van der Waals surface area contributed by atoms with Crippen LogP contribution >= 0.6 is 0 Å². The van der Waals surface area contributed by atoms with E-state index in [0.717, 1.165) is 0 Å². The fourth-order valence-corrected chi connectivity index (χ4v) is 3.62. The van der Waals surface area contributed by atoms with Crippen LogP contribution in [0.25, 0.3) is 0 Å². The summed E-state index contributed by atoms with van der Waals surface area (Å²) in [7, 11) is 0. The van der Waals surface area contributed by atoms with Crippen molar-refractivity contribution in [3.8, 4) is 0 Å². The molecule has 1 fully saturated rings. The van der Waals surface area contributed by atoms with Crippen LogP contribution in [0.5, 0.6) is 0 Å². The summed E-state index contributed by atoms with van der Waals surface area (Å²) < 4.78 is 0. The molecule has 2 aromatic carbocycles. The molecule has 104 valence electrons. The Hall–Kier alpha value is -1.60. The molecule has 3 rings (SSSR count). The van der Waals surface area contributed by atoms with Crippen LogP contribution in [-0.4, -0.2) is 0 Å². The van der Waals surface area contributed by atoms with E-state index in [1.54, 1.807) is 0 Å². The molecule has 0 bridgehead atoms. The monoisotopic (exact) mass is 265 g/mol. The second-order valence-corrected chi connectivity index (χ2v) is 6.27. The van der Waals surface area contributed by atoms with Crippen LogP contribution < -0.4 is 5.73 Å². The third-order valence-electron chi connectivity index (χ3n) is 4.79. The lowest BCUT2D eigenvalue weighted by Gasteiger charge is -2.47. The number of hydrogen-bond donors (Lipinski definition) is 1. The van der Waals surface area contributed by atoms with E-state index < -0.39 is 0 Å². The summed E-state index contributed by atoms with van der Waals surface area (Å²) in [4.78, 5) is 0. The zero-order valence-corrected chi connectivity index (χ0v) is 12.4. The molecule has 1 saturated carbocycles. The topological polar surface area (TPSA) is 26.0 Å². The minimum Gasteiger partial charge on any atom is -0.323 e. The molecule has 2 N–H and O–H groups in total. The van der Waals surface area contributed by atoms with Gasteiger partial charge in [0.2, 0.25) is 0 Å². The van der Waals surface area contributed by atoms with Gasteiger partial charge in [-0.2, -0.15) is 0 Å². The molecule has 0 spiro atoms. The smallest absolute Gasteiger partial charge is 0.0393 e. The molecular formula is C19H23N. The maximum atomic E-state index is 6.71. The van der Waals surface area contributed by atoms with E-state index >= 15 is 0 Å². The van der Waals surface area contributed by atoms with E-state index in [2.05, 4.69) is 62.4 Å². The van der Waals surface area contributed by atoms with Gasteiger partial charge >= 0.3 is 0 Å². The molecule has 1 atom stereocenters. The molecule has 1 nitrogen and oxygen atoms in total. The van der Waals surface area contributed by atoms with Crippen LogP contribution in [0, 0.1) is 13.8 Å². The summed E-state index contributed by atoms with van der Waals surface area (Å²) in [5.74, 6) is 0. The van der Waals surface area contributed by atoms with Crippen molar-refractivity contribution in [1.29, 1.82) is 0 Å². The van der Waals surface area contributed by atoms with Gasteiger partial charge in [0.1, 0.15) is 0 Å². The van der Waals surface area contributed by atoms with Gasteiger partial charge in [-0.3, -0.25) is 0 Å². The zero-order valence-electron chi connectivity index (χ0n) is 12.4. The quantitative estimate of drug-likeness (QED) is 0.873. The average molecular weight is 265 g/mol. The molecule has 0 aliphatic heterocycles. The standard InChI is InChI=1S/C19H23N/c1-14-11-15(2)13-16(12-14)18(20)19(9-6-10-19)17-7-4-3-5-8-17/h3-5,7-8,11-13,18H,6,9-10,20H2,1-2H3. The Bertz CT molecular complexity index is 576. The fraction of sp³-hybridized carbons (Fsp3) is 0.368. The van der Waals surface area contributed by atoms with E-state index in [1.165, 1.54) is 41.5 Å². The first-order chi connectivity index (χ1) is 9.62. The first-order valence-corrected chi connectivity index (χ1v) is 7.51. The van der Waals surface area contributed by atoms with Crippen molar-refractivity contribution in [3.63, 3.8) is 0 Å². The minimum atomic E-state index is 0.0947. The highest BCUT2D eigenvalue weighted by Gasteiger charge is 2.44. The molecule has 0 amide bonds. The van der Waals surface area contributed by atoms with Gasteiger partial charge in [-0.25, -0.2) is 0 Å². The molecule has 20 heavy (non-hydrogen) atoms. The lowest BCUT2D eigenvalue weighted by atomic mass is 9.59. The molecule has 0 radical (unpaired) electrons. The Labute approximate surface area is 121 Å². The van der Waals surface area contributed by atoms with Gasteiger partial charge in [0.15, 0.2) is 0 Å². The Morgan fingerprint density at radius 1 is 0.950 bits per heavy atom. The Balaban J connectivity index is 2.01. The summed E-state index contributed by atoms with van der Waals surface area (Å²) in [5.41, 5.74) is 12.1. The van der Waals surface area contributed by atoms with Crippen LogP contribution in [0.1, 0.15) is 47.6 Å². The molecule has 1 heteroatoms. The van der Waals surface area contributed by atoms with Crippen LogP contribution in [0.15, 0.2) is 48.5 Å². The molecule has 1 aliphatic rings. The fourth-order valence-electron chi connectivity index (χ4n) is 3.62. The van der Waals surface area contributed by atoms with Crippen LogP contribution in [0.3, 0.4) is 0 Å².